The molecule has 35 heavy (non-hydrogen) atoms. The number of ether oxygens (including phenoxy) is 1. The average Bonchev–Trinajstić information content (AvgIpc) is 2.86. The maximum Gasteiger partial charge on any atom is 0.258 e. The van der Waals surface area contributed by atoms with Gasteiger partial charge in [-0.2, -0.15) is 0 Å². The van der Waals surface area contributed by atoms with Crippen molar-refractivity contribution < 1.29 is 13.9 Å². The number of aromatic nitrogens is 2. The van der Waals surface area contributed by atoms with E-state index in [2.05, 4.69) is 25.5 Å². The zero-order chi connectivity index (χ0) is 24.6. The van der Waals surface area contributed by atoms with Crippen LogP contribution in [0.5, 0.6) is 5.75 Å². The predicted octanol–water partition coefficient (Wildman–Crippen LogP) is 6.17. The number of nitrogens with one attached hydrogen (secondary N) is 2. The Bertz CT molecular complexity index is 1140. The summed E-state index contributed by atoms with van der Waals surface area (Å²) in [6.45, 7) is 3.71. The van der Waals surface area contributed by atoms with Crippen molar-refractivity contribution in [1.29, 1.82) is 0 Å². The summed E-state index contributed by atoms with van der Waals surface area (Å²) < 4.78 is 20.1. The van der Waals surface area contributed by atoms with Gasteiger partial charge in [-0.1, -0.05) is 35.7 Å². The summed E-state index contributed by atoms with van der Waals surface area (Å²) in [4.78, 5) is 23.2. The molecule has 1 amide bonds. The molecule has 7 nitrogen and oxygen atoms in total. The number of amides is 1. The minimum absolute atomic E-state index is 0.209. The number of anilines is 3. The molecule has 0 saturated carbocycles. The zero-order valence-electron chi connectivity index (χ0n) is 19.1. The van der Waals surface area contributed by atoms with E-state index in [4.69, 9.17) is 27.9 Å². The molecule has 3 aromatic rings. The molecule has 1 fully saturated rings. The Hall–Kier alpha value is -2.94. The van der Waals surface area contributed by atoms with Crippen LogP contribution in [-0.2, 0) is 0 Å². The van der Waals surface area contributed by atoms with Gasteiger partial charge in [0.15, 0.2) is 11.6 Å². The molecule has 0 spiro atoms. The number of piperidine rings is 1. The van der Waals surface area contributed by atoms with Gasteiger partial charge in [0.05, 0.1) is 27.9 Å². The first kappa shape index (κ1) is 25.2. The van der Waals surface area contributed by atoms with Gasteiger partial charge in [-0.05, 0) is 56.6 Å². The number of para-hydroxylation sites is 1. The Kier molecular flexibility index (Phi) is 8.74. The van der Waals surface area contributed by atoms with Crippen LogP contribution in [0, 0.1) is 5.82 Å². The number of rotatable bonds is 9. The van der Waals surface area contributed by atoms with E-state index in [1.165, 1.54) is 37.7 Å². The highest BCUT2D eigenvalue weighted by atomic mass is 35.5. The van der Waals surface area contributed by atoms with Gasteiger partial charge in [0.25, 0.3) is 5.91 Å². The lowest BCUT2D eigenvalue weighted by Crippen LogP contribution is -2.31. The minimum atomic E-state index is -0.472. The summed E-state index contributed by atoms with van der Waals surface area (Å²) >= 11 is 12.2. The summed E-state index contributed by atoms with van der Waals surface area (Å²) in [5.41, 5.74) is 0.988. The molecule has 1 saturated heterocycles. The first-order chi connectivity index (χ1) is 17.0. The molecule has 1 aromatic heterocycles. The maximum atomic E-state index is 14.5. The lowest BCUT2D eigenvalue weighted by molar-refractivity contribution is 0.102. The second kappa shape index (κ2) is 12.2. The van der Waals surface area contributed by atoms with Gasteiger partial charge in [-0.3, -0.25) is 4.79 Å². The number of nitrogens with zero attached hydrogens (tertiary/aromatic N) is 3. The molecule has 4 rings (SSSR count). The molecule has 0 unspecified atom stereocenters. The Balaban J connectivity index is 1.28. The van der Waals surface area contributed by atoms with Crippen LogP contribution in [0.1, 0.15) is 36.0 Å². The number of carbonyl (C=O) groups is 1. The summed E-state index contributed by atoms with van der Waals surface area (Å²) in [6.07, 6.45) is 7.37. The van der Waals surface area contributed by atoms with Crippen LogP contribution in [0.2, 0.25) is 10.0 Å². The topological polar surface area (TPSA) is 79.4 Å². The fourth-order valence-corrected chi connectivity index (χ4v) is 4.28. The predicted molar refractivity (Wildman–Crippen MR) is 137 cm³/mol. The van der Waals surface area contributed by atoms with Gasteiger partial charge in [-0.25, -0.2) is 14.4 Å². The Morgan fingerprint density at radius 3 is 2.46 bits per heavy atom. The first-order valence-corrected chi connectivity index (χ1v) is 12.2. The van der Waals surface area contributed by atoms with Crippen LogP contribution in [-0.4, -0.2) is 47.0 Å². The highest BCUT2D eigenvalue weighted by Gasteiger charge is 2.13. The smallest absolute Gasteiger partial charge is 0.258 e. The number of halogens is 3. The molecule has 1 aliphatic heterocycles. The quantitative estimate of drug-likeness (QED) is 0.330. The van der Waals surface area contributed by atoms with Crippen LogP contribution in [0.15, 0.2) is 48.8 Å². The fraction of sp³-hybridized carbons (Fsp3) is 0.320. The van der Waals surface area contributed by atoms with Crippen LogP contribution in [0.3, 0.4) is 0 Å². The molecule has 0 radical (unpaired) electrons. The lowest BCUT2D eigenvalue weighted by Gasteiger charge is -2.26. The largest absolute Gasteiger partial charge is 0.490 e. The molecular formula is C25H26Cl2FN5O2. The molecule has 184 valence electrons. The third-order valence-corrected chi connectivity index (χ3v) is 6.26. The van der Waals surface area contributed by atoms with Crippen LogP contribution < -0.4 is 15.4 Å². The van der Waals surface area contributed by atoms with E-state index in [-0.39, 0.29) is 17.3 Å². The van der Waals surface area contributed by atoms with Crippen LogP contribution in [0.25, 0.3) is 0 Å². The average molecular weight is 518 g/mol. The van der Waals surface area contributed by atoms with E-state index in [0.29, 0.717) is 28.0 Å². The normalized spacial score (nSPS) is 13.9. The Labute approximate surface area is 213 Å². The van der Waals surface area contributed by atoms with E-state index >= 15 is 0 Å². The van der Waals surface area contributed by atoms with E-state index in [0.717, 1.165) is 26.1 Å². The minimum Gasteiger partial charge on any atom is -0.490 e. The summed E-state index contributed by atoms with van der Waals surface area (Å²) in [6, 6.07) is 9.51. The van der Waals surface area contributed by atoms with Crippen molar-refractivity contribution in [2.24, 2.45) is 0 Å². The molecular weight excluding hydrogens is 492 g/mol. The number of benzene rings is 2. The monoisotopic (exact) mass is 517 g/mol. The summed E-state index contributed by atoms with van der Waals surface area (Å²) in [7, 11) is 0. The first-order valence-electron chi connectivity index (χ1n) is 11.5. The molecule has 10 heteroatoms. The van der Waals surface area contributed by atoms with E-state index in [9.17, 15) is 9.18 Å². The molecule has 2 N–H and O–H groups in total. The third kappa shape index (κ3) is 7.04. The highest BCUT2D eigenvalue weighted by molar-refractivity contribution is 6.40. The van der Waals surface area contributed by atoms with Crippen LogP contribution in [0.4, 0.5) is 21.7 Å². The van der Waals surface area contributed by atoms with Gasteiger partial charge in [-0.15, -0.1) is 0 Å². The third-order valence-electron chi connectivity index (χ3n) is 5.63. The second-order valence-electron chi connectivity index (χ2n) is 8.22. The SMILES string of the molecule is O=C(Nc1c(Cl)cccc1Cl)c1cnc(Nc2ccc(OCCCN3CCCCC3)c(F)c2)nc1. The number of hydrogen-bond donors (Lipinski definition) is 2. The van der Waals surface area contributed by atoms with Crippen molar-refractivity contribution in [2.75, 3.05) is 36.9 Å². The molecule has 0 aliphatic carbocycles. The molecule has 1 aliphatic rings. The molecule has 0 atom stereocenters. The van der Waals surface area contributed by atoms with Crippen molar-refractivity contribution in [3.63, 3.8) is 0 Å². The van der Waals surface area contributed by atoms with Gasteiger partial charge < -0.3 is 20.3 Å². The van der Waals surface area contributed by atoms with Gasteiger partial charge >= 0.3 is 0 Å². The standard InChI is InChI=1S/C25H26Cl2FN5O2/c26-19-6-4-7-20(27)23(19)32-24(34)17-15-29-25(30-16-17)31-18-8-9-22(21(28)14-18)35-13-5-12-33-10-2-1-3-11-33/h4,6-9,14-16H,1-3,5,10-13H2,(H,32,34)(H,29,30,31). The lowest BCUT2D eigenvalue weighted by atomic mass is 10.1. The van der Waals surface area contributed by atoms with Crippen molar-refractivity contribution in [2.45, 2.75) is 25.7 Å². The van der Waals surface area contributed by atoms with Crippen molar-refractivity contribution in [1.82, 2.24) is 14.9 Å². The molecule has 2 heterocycles. The van der Waals surface area contributed by atoms with E-state index in [1.54, 1.807) is 30.3 Å². The summed E-state index contributed by atoms with van der Waals surface area (Å²) in [5.74, 6) is -0.507. The highest BCUT2D eigenvalue weighted by Crippen LogP contribution is 2.30. The van der Waals surface area contributed by atoms with Gasteiger partial charge in [0.1, 0.15) is 0 Å². The summed E-state index contributed by atoms with van der Waals surface area (Å²) in [5, 5.41) is 6.21. The Morgan fingerprint density at radius 2 is 1.77 bits per heavy atom. The van der Waals surface area contributed by atoms with Crippen molar-refractivity contribution in [3.8, 4) is 5.75 Å². The molecule has 0 bridgehead atoms. The number of carbonyl (C=O) groups excluding carboxylic acids is 1. The zero-order valence-corrected chi connectivity index (χ0v) is 20.6. The second-order valence-corrected chi connectivity index (χ2v) is 9.04. The number of likely N-dealkylation sites (tertiary alicyclic amines) is 1. The van der Waals surface area contributed by atoms with Crippen molar-refractivity contribution >= 4 is 46.4 Å². The van der Waals surface area contributed by atoms with E-state index < -0.39 is 11.7 Å². The van der Waals surface area contributed by atoms with Crippen molar-refractivity contribution in [3.05, 3.63) is 70.2 Å². The van der Waals surface area contributed by atoms with Crippen LogP contribution >= 0.6 is 23.2 Å². The maximum absolute atomic E-state index is 14.5. The van der Waals surface area contributed by atoms with Gasteiger partial charge in [0, 0.05) is 30.7 Å². The fourth-order valence-electron chi connectivity index (χ4n) is 3.79. The molecule has 2 aromatic carbocycles. The Morgan fingerprint density at radius 1 is 1.06 bits per heavy atom. The number of hydrogen-bond acceptors (Lipinski definition) is 6. The van der Waals surface area contributed by atoms with E-state index in [1.807, 2.05) is 0 Å². The van der Waals surface area contributed by atoms with Gasteiger partial charge in [0.2, 0.25) is 5.95 Å².